The number of ketones is 2. The van der Waals surface area contributed by atoms with E-state index in [0.717, 1.165) is 55.7 Å². The number of carbonyl (C=O) groups excluding carboxylic acids is 2. The molecule has 2 heteroatoms. The van der Waals surface area contributed by atoms with Gasteiger partial charge in [-0.1, -0.05) is 84.9 Å². The van der Waals surface area contributed by atoms with Crippen molar-refractivity contribution in [1.82, 2.24) is 0 Å². The molecule has 32 heavy (non-hydrogen) atoms. The summed E-state index contributed by atoms with van der Waals surface area (Å²) in [4.78, 5) is 26.8. The second kappa shape index (κ2) is 6.73. The van der Waals surface area contributed by atoms with Gasteiger partial charge in [0.1, 0.15) is 0 Å². The van der Waals surface area contributed by atoms with Crippen LogP contribution in [0.25, 0.3) is 11.1 Å². The molecule has 4 aromatic rings. The van der Waals surface area contributed by atoms with Crippen LogP contribution in [-0.2, 0) is 0 Å². The molecule has 0 aromatic heterocycles. The van der Waals surface area contributed by atoms with E-state index in [4.69, 9.17) is 0 Å². The zero-order valence-electron chi connectivity index (χ0n) is 17.9. The molecule has 0 aliphatic heterocycles. The lowest BCUT2D eigenvalue weighted by Gasteiger charge is -2.30. The summed E-state index contributed by atoms with van der Waals surface area (Å²) >= 11 is 0. The fraction of sp³-hybridized carbons (Fsp3) is 0.0667. The van der Waals surface area contributed by atoms with Gasteiger partial charge in [0.2, 0.25) is 0 Å². The summed E-state index contributed by atoms with van der Waals surface area (Å²) in [5.41, 5.74) is 10.8. The fourth-order valence-electron chi connectivity index (χ4n) is 5.25. The third-order valence-electron chi connectivity index (χ3n) is 6.67. The monoisotopic (exact) mass is 412 g/mol. The van der Waals surface area contributed by atoms with E-state index in [1.165, 1.54) is 0 Å². The van der Waals surface area contributed by atoms with Crippen LogP contribution in [0.1, 0.15) is 65.2 Å². The average Bonchev–Trinajstić information content (AvgIpc) is 2.82. The Kier molecular flexibility index (Phi) is 3.93. The molecule has 0 unspecified atom stereocenters. The van der Waals surface area contributed by atoms with Gasteiger partial charge in [0.25, 0.3) is 0 Å². The molecule has 0 bridgehead atoms. The summed E-state index contributed by atoms with van der Waals surface area (Å²) in [5, 5.41) is 0. The van der Waals surface area contributed by atoms with Gasteiger partial charge in [0.15, 0.2) is 11.6 Å². The maximum absolute atomic E-state index is 13.4. The van der Waals surface area contributed by atoms with Crippen LogP contribution < -0.4 is 0 Å². The number of hydrogen-bond acceptors (Lipinski definition) is 2. The molecular weight excluding hydrogens is 392 g/mol. The standard InChI is InChI=1S/C30H20O2/c1-17-9-7-15-23-25(17)27(19-11-3-5-13-21(19)29(23)31)28-20-12-4-6-14-22(20)30(32)24-16-8-10-18(2)26(24)28/h3-16H,1-2H3. The predicted molar refractivity (Wildman–Crippen MR) is 127 cm³/mol. The van der Waals surface area contributed by atoms with E-state index in [1.54, 1.807) is 0 Å². The summed E-state index contributed by atoms with van der Waals surface area (Å²) < 4.78 is 0. The number of aryl methyl sites for hydroxylation is 2. The van der Waals surface area contributed by atoms with Gasteiger partial charge in [-0.2, -0.15) is 0 Å². The Hall–Kier alpha value is -4.04. The largest absolute Gasteiger partial charge is 0.289 e. The highest BCUT2D eigenvalue weighted by molar-refractivity contribution is 6.27. The molecular formula is C30H20O2. The fourth-order valence-corrected chi connectivity index (χ4v) is 5.25. The topological polar surface area (TPSA) is 34.1 Å². The van der Waals surface area contributed by atoms with Crippen LogP contribution in [0.5, 0.6) is 0 Å². The Balaban J connectivity index is 1.88. The maximum atomic E-state index is 13.4. The molecule has 0 radical (unpaired) electrons. The summed E-state index contributed by atoms with van der Waals surface area (Å²) in [7, 11) is 0. The van der Waals surface area contributed by atoms with Gasteiger partial charge in [0.05, 0.1) is 0 Å². The van der Waals surface area contributed by atoms with Gasteiger partial charge < -0.3 is 0 Å². The van der Waals surface area contributed by atoms with Crippen molar-refractivity contribution in [3.63, 3.8) is 0 Å². The summed E-state index contributed by atoms with van der Waals surface area (Å²) in [6.07, 6.45) is 0. The molecule has 2 nitrogen and oxygen atoms in total. The summed E-state index contributed by atoms with van der Waals surface area (Å²) in [6.45, 7) is 4.11. The van der Waals surface area contributed by atoms with E-state index in [2.05, 4.69) is 26.0 Å². The molecule has 4 aromatic carbocycles. The van der Waals surface area contributed by atoms with Gasteiger partial charge in [-0.05, 0) is 58.4 Å². The molecule has 0 fully saturated rings. The van der Waals surface area contributed by atoms with Crippen LogP contribution in [0.4, 0.5) is 0 Å². The van der Waals surface area contributed by atoms with Crippen molar-refractivity contribution >= 4 is 22.7 Å². The quantitative estimate of drug-likeness (QED) is 0.289. The predicted octanol–water partition coefficient (Wildman–Crippen LogP) is 6.40. The van der Waals surface area contributed by atoms with Crippen molar-refractivity contribution in [2.45, 2.75) is 13.8 Å². The van der Waals surface area contributed by atoms with Crippen LogP contribution in [0, 0.1) is 13.8 Å². The molecule has 152 valence electrons. The minimum Gasteiger partial charge on any atom is -0.289 e. The first-order valence-corrected chi connectivity index (χ1v) is 10.8. The van der Waals surface area contributed by atoms with Crippen molar-refractivity contribution in [3.8, 4) is 0 Å². The second-order valence-electron chi connectivity index (χ2n) is 8.49. The van der Waals surface area contributed by atoms with Gasteiger partial charge in [-0.3, -0.25) is 9.59 Å². The molecule has 0 spiro atoms. The van der Waals surface area contributed by atoms with Crippen molar-refractivity contribution in [1.29, 1.82) is 0 Å². The van der Waals surface area contributed by atoms with Crippen LogP contribution in [0.15, 0.2) is 84.9 Å². The highest BCUT2D eigenvalue weighted by Crippen LogP contribution is 2.48. The third-order valence-corrected chi connectivity index (χ3v) is 6.67. The van der Waals surface area contributed by atoms with E-state index in [0.29, 0.717) is 11.1 Å². The highest BCUT2D eigenvalue weighted by Gasteiger charge is 2.35. The van der Waals surface area contributed by atoms with Crippen molar-refractivity contribution in [2.75, 3.05) is 0 Å². The molecule has 0 N–H and O–H groups in total. The smallest absolute Gasteiger partial charge is 0.194 e. The van der Waals surface area contributed by atoms with Crippen LogP contribution in [-0.4, -0.2) is 11.6 Å². The Morgan fingerprint density at radius 2 is 0.750 bits per heavy atom. The van der Waals surface area contributed by atoms with Crippen LogP contribution in [0.2, 0.25) is 0 Å². The van der Waals surface area contributed by atoms with E-state index in [1.807, 2.05) is 72.8 Å². The molecule has 0 amide bonds. The Labute approximate surface area is 186 Å². The lowest BCUT2D eigenvalue weighted by Crippen LogP contribution is -2.20. The van der Waals surface area contributed by atoms with Gasteiger partial charge in [0, 0.05) is 22.3 Å². The number of hydrogen-bond donors (Lipinski definition) is 0. The number of benzene rings is 4. The van der Waals surface area contributed by atoms with Gasteiger partial charge in [-0.15, -0.1) is 0 Å². The molecule has 0 saturated carbocycles. The minimum atomic E-state index is 0.0498. The van der Waals surface area contributed by atoms with Crippen molar-refractivity contribution in [3.05, 3.63) is 141 Å². The molecule has 0 atom stereocenters. The maximum Gasteiger partial charge on any atom is 0.194 e. The average molecular weight is 412 g/mol. The molecule has 0 saturated heterocycles. The zero-order valence-corrected chi connectivity index (χ0v) is 17.9. The summed E-state index contributed by atoms with van der Waals surface area (Å²) in [6, 6.07) is 27.5. The molecule has 6 rings (SSSR count). The number of fused-ring (bicyclic) bond motifs is 4. The SMILES string of the molecule is Cc1cccc2c1C(=C1c3ccccc3C(=O)c3cccc(C)c31)c1ccccc1C2=O. The van der Waals surface area contributed by atoms with Gasteiger partial charge in [-0.25, -0.2) is 0 Å². The summed E-state index contributed by atoms with van der Waals surface area (Å²) in [5.74, 6) is 0.0997. The van der Waals surface area contributed by atoms with Crippen LogP contribution in [0.3, 0.4) is 0 Å². The first kappa shape index (κ1) is 18.7. The second-order valence-corrected chi connectivity index (χ2v) is 8.49. The van der Waals surface area contributed by atoms with E-state index in [-0.39, 0.29) is 11.6 Å². The first-order valence-electron chi connectivity index (χ1n) is 10.8. The van der Waals surface area contributed by atoms with Crippen molar-refractivity contribution in [2.24, 2.45) is 0 Å². The molecule has 2 aliphatic rings. The van der Waals surface area contributed by atoms with E-state index >= 15 is 0 Å². The zero-order chi connectivity index (χ0) is 22.0. The lowest BCUT2D eigenvalue weighted by molar-refractivity contribution is 0.102. The third kappa shape index (κ3) is 2.41. The van der Waals surface area contributed by atoms with Crippen LogP contribution >= 0.6 is 0 Å². The van der Waals surface area contributed by atoms with Crippen molar-refractivity contribution < 1.29 is 9.59 Å². The minimum absolute atomic E-state index is 0.0498. The Morgan fingerprint density at radius 3 is 1.16 bits per heavy atom. The lowest BCUT2D eigenvalue weighted by atomic mass is 9.71. The number of rotatable bonds is 0. The molecule has 0 heterocycles. The van der Waals surface area contributed by atoms with E-state index in [9.17, 15) is 9.59 Å². The Morgan fingerprint density at radius 1 is 0.406 bits per heavy atom. The van der Waals surface area contributed by atoms with E-state index < -0.39 is 0 Å². The molecule has 2 aliphatic carbocycles. The highest BCUT2D eigenvalue weighted by atomic mass is 16.1. The number of carbonyl (C=O) groups is 2. The first-order chi connectivity index (χ1) is 15.6. The Bertz CT molecular complexity index is 1400. The van der Waals surface area contributed by atoms with Gasteiger partial charge >= 0.3 is 0 Å². The normalized spacial score (nSPS) is 16.2.